The first-order valence-electron chi connectivity index (χ1n) is 2.52. The second kappa shape index (κ2) is 11.1. The zero-order valence-corrected chi connectivity index (χ0v) is 12.2. The van der Waals surface area contributed by atoms with Crippen molar-refractivity contribution in [2.45, 2.75) is 0 Å². The van der Waals surface area contributed by atoms with Crippen LogP contribution in [0.2, 0.25) is 0 Å². The number of pyridine rings is 1. The van der Waals surface area contributed by atoms with Crippen LogP contribution in [0.1, 0.15) is 0 Å². The van der Waals surface area contributed by atoms with Crippen molar-refractivity contribution in [1.82, 2.24) is 4.98 Å². The van der Waals surface area contributed by atoms with Crippen LogP contribution in [0.15, 0.2) is 30.6 Å². The maximum absolute atomic E-state index is 8.52. The van der Waals surface area contributed by atoms with Gasteiger partial charge in [0.15, 0.2) is 0 Å². The van der Waals surface area contributed by atoms with E-state index >= 15 is 0 Å². The van der Waals surface area contributed by atoms with Crippen LogP contribution in [-0.4, -0.2) is 22.5 Å². The molecule has 5 nitrogen and oxygen atoms in total. The van der Waals surface area contributed by atoms with Gasteiger partial charge in [-0.25, -0.2) is 0 Å². The molecule has 62 valence electrons. The van der Waals surface area contributed by atoms with E-state index in [0.29, 0.717) is 0 Å². The number of hydrogen-bond acceptors (Lipinski definition) is 5. The van der Waals surface area contributed by atoms with Crippen LogP contribution in [0.3, 0.4) is 0 Å². The Labute approximate surface area is 121 Å². The summed E-state index contributed by atoms with van der Waals surface area (Å²) in [6.07, 6.45) is 3.50. The van der Waals surface area contributed by atoms with Gasteiger partial charge in [0.25, 0.3) is 0 Å². The fourth-order valence-electron chi connectivity index (χ4n) is 0.313. The Bertz CT molecular complexity index is 243. The minimum atomic E-state index is -5.17. The van der Waals surface area contributed by atoms with E-state index in [4.69, 9.17) is 17.5 Å². The monoisotopic (exact) mass is 221 g/mol. The Morgan fingerprint density at radius 3 is 1.31 bits per heavy atom. The van der Waals surface area contributed by atoms with Gasteiger partial charge in [0.2, 0.25) is 0 Å². The maximum atomic E-state index is 8.52. The number of nitrogens with zero attached hydrogens (tertiary/aromatic N) is 1. The van der Waals surface area contributed by atoms with Gasteiger partial charge in [-0.1, -0.05) is 6.07 Å². The average Bonchev–Trinajstić information content (AvgIpc) is 1.88. The molecule has 13 heavy (non-hydrogen) atoms. The molecule has 1 aromatic rings. The summed E-state index contributed by atoms with van der Waals surface area (Å²) in [5.74, 6) is 0. The molecule has 1 aromatic heterocycles. The molecular formula is C5H5NNa2O4S. The fourth-order valence-corrected chi connectivity index (χ4v) is 0.313. The van der Waals surface area contributed by atoms with Gasteiger partial charge in [-0.05, 0) is 12.1 Å². The van der Waals surface area contributed by atoms with Crippen LogP contribution in [0.25, 0.3) is 0 Å². The van der Waals surface area contributed by atoms with Crippen LogP contribution < -0.4 is 59.1 Å². The van der Waals surface area contributed by atoms with Crippen molar-refractivity contribution in [3.8, 4) is 0 Å². The number of aromatic nitrogens is 1. The van der Waals surface area contributed by atoms with E-state index in [-0.39, 0.29) is 59.1 Å². The molecule has 0 saturated carbocycles. The topological polar surface area (TPSA) is 93.2 Å². The molecule has 0 bridgehead atoms. The van der Waals surface area contributed by atoms with Crippen LogP contribution in [0.5, 0.6) is 0 Å². The van der Waals surface area contributed by atoms with Crippen molar-refractivity contribution in [3.63, 3.8) is 0 Å². The average molecular weight is 221 g/mol. The zero-order valence-electron chi connectivity index (χ0n) is 7.38. The van der Waals surface area contributed by atoms with Crippen molar-refractivity contribution in [1.29, 1.82) is 0 Å². The standard InChI is InChI=1S/C5H5N.2Na.H2O4S/c1-2-4-6-5-3-1;;;1-5(2,3)4/h1-5H;;;(H2,1,2,3,4)/q;2*+1;/p-2. The van der Waals surface area contributed by atoms with E-state index in [1.54, 1.807) is 12.4 Å². The molecule has 8 heteroatoms. The molecule has 0 atom stereocenters. The first kappa shape index (κ1) is 19.6. The summed E-state index contributed by atoms with van der Waals surface area (Å²) in [6, 6.07) is 5.72. The largest absolute Gasteiger partial charge is 1.00 e. The molecule has 0 aromatic carbocycles. The molecule has 0 radical (unpaired) electrons. The Balaban J connectivity index is -0.000000136. The summed E-state index contributed by atoms with van der Waals surface area (Å²) in [7, 11) is -5.17. The minimum absolute atomic E-state index is 0. The molecule has 1 heterocycles. The van der Waals surface area contributed by atoms with Gasteiger partial charge >= 0.3 is 59.1 Å². The predicted octanol–water partition coefficient (Wildman–Crippen LogP) is -6.25. The SMILES string of the molecule is O=S(=O)([O-])[O-].[Na+].[Na+].c1ccncc1. The summed E-state index contributed by atoms with van der Waals surface area (Å²) in [5, 5.41) is 0. The first-order chi connectivity index (χ1) is 5.00. The second-order valence-electron chi connectivity index (χ2n) is 1.43. The Morgan fingerprint density at radius 1 is 0.923 bits per heavy atom. The van der Waals surface area contributed by atoms with Gasteiger partial charge in [-0.3, -0.25) is 13.4 Å². The van der Waals surface area contributed by atoms with E-state index in [1.807, 2.05) is 18.2 Å². The molecule has 0 aliphatic heterocycles. The van der Waals surface area contributed by atoms with E-state index in [9.17, 15) is 0 Å². The molecule has 0 saturated heterocycles. The molecule has 0 aliphatic carbocycles. The van der Waals surface area contributed by atoms with Gasteiger partial charge < -0.3 is 9.11 Å². The Morgan fingerprint density at radius 2 is 1.23 bits per heavy atom. The van der Waals surface area contributed by atoms with Gasteiger partial charge in [0.1, 0.15) is 0 Å². The Hall–Kier alpha value is 1.02. The quantitative estimate of drug-likeness (QED) is 0.247. The third kappa shape index (κ3) is 32.1. The molecule has 0 N–H and O–H groups in total. The number of rotatable bonds is 0. The van der Waals surface area contributed by atoms with Crippen molar-refractivity contribution >= 4 is 10.4 Å². The third-order valence-corrected chi connectivity index (χ3v) is 0.566. The van der Waals surface area contributed by atoms with Gasteiger partial charge in [0, 0.05) is 22.8 Å². The predicted molar refractivity (Wildman–Crippen MR) is 34.7 cm³/mol. The van der Waals surface area contributed by atoms with E-state index in [2.05, 4.69) is 4.98 Å². The second-order valence-corrected chi connectivity index (χ2v) is 2.25. The van der Waals surface area contributed by atoms with Crippen LogP contribution in [-0.2, 0) is 10.4 Å². The van der Waals surface area contributed by atoms with Crippen molar-refractivity contribution in [2.75, 3.05) is 0 Å². The first-order valence-corrected chi connectivity index (χ1v) is 3.85. The molecule has 1 rings (SSSR count). The third-order valence-electron chi connectivity index (χ3n) is 0.566. The Kier molecular flexibility index (Phi) is 16.7. The van der Waals surface area contributed by atoms with E-state index in [1.165, 1.54) is 0 Å². The van der Waals surface area contributed by atoms with Crippen LogP contribution in [0, 0.1) is 0 Å². The van der Waals surface area contributed by atoms with Crippen molar-refractivity contribution in [2.24, 2.45) is 0 Å². The van der Waals surface area contributed by atoms with Gasteiger partial charge in [-0.2, -0.15) is 0 Å². The van der Waals surface area contributed by atoms with Gasteiger partial charge in [0.05, 0.1) is 0 Å². The summed E-state index contributed by atoms with van der Waals surface area (Å²) >= 11 is 0. The molecule has 0 spiro atoms. The van der Waals surface area contributed by atoms with Crippen molar-refractivity contribution < 1.29 is 76.6 Å². The minimum Gasteiger partial charge on any atom is -0.759 e. The van der Waals surface area contributed by atoms with E-state index < -0.39 is 10.4 Å². The maximum Gasteiger partial charge on any atom is 1.00 e. The van der Waals surface area contributed by atoms with E-state index in [0.717, 1.165) is 0 Å². The van der Waals surface area contributed by atoms with Crippen molar-refractivity contribution in [3.05, 3.63) is 30.6 Å². The van der Waals surface area contributed by atoms with Crippen LogP contribution in [0.4, 0.5) is 0 Å². The van der Waals surface area contributed by atoms with Crippen LogP contribution >= 0.6 is 0 Å². The molecule has 0 aliphatic rings. The fraction of sp³-hybridized carbons (Fsp3) is 0. The summed E-state index contributed by atoms with van der Waals surface area (Å²) in [5.41, 5.74) is 0. The zero-order chi connectivity index (χ0) is 8.74. The molecule has 0 unspecified atom stereocenters. The molecule has 0 amide bonds. The number of hydrogen-bond donors (Lipinski definition) is 0. The summed E-state index contributed by atoms with van der Waals surface area (Å²) in [4.78, 5) is 3.78. The normalized spacial score (nSPS) is 8.15. The smallest absolute Gasteiger partial charge is 0.759 e. The summed E-state index contributed by atoms with van der Waals surface area (Å²) < 4.78 is 34.1. The summed E-state index contributed by atoms with van der Waals surface area (Å²) in [6.45, 7) is 0. The van der Waals surface area contributed by atoms with Gasteiger partial charge in [-0.15, -0.1) is 0 Å². The molecule has 0 fully saturated rings. The molecular weight excluding hydrogens is 216 g/mol.